The summed E-state index contributed by atoms with van der Waals surface area (Å²) < 4.78 is 42.8. The number of likely N-dealkylation sites (tertiary alicyclic amines) is 1. The lowest BCUT2D eigenvalue weighted by Gasteiger charge is -2.33. The van der Waals surface area contributed by atoms with E-state index in [1.54, 1.807) is 29.2 Å². The van der Waals surface area contributed by atoms with Crippen molar-refractivity contribution in [1.82, 2.24) is 15.2 Å². The molecule has 1 aliphatic heterocycles. The molecule has 2 fully saturated rings. The molecule has 41 heavy (non-hydrogen) atoms. The highest BCUT2D eigenvalue weighted by atomic mass is 19.1. The largest absolute Gasteiger partial charge is 0.347 e. The highest BCUT2D eigenvalue weighted by molar-refractivity contribution is 5.97. The number of amides is 3. The van der Waals surface area contributed by atoms with E-state index in [0.717, 1.165) is 24.6 Å². The summed E-state index contributed by atoms with van der Waals surface area (Å²) in [6.45, 7) is 6.53. The zero-order chi connectivity index (χ0) is 29.5. The summed E-state index contributed by atoms with van der Waals surface area (Å²) in [4.78, 5) is 43.9. The Bertz CT molecular complexity index is 1490. The normalized spacial score (nSPS) is 17.7. The molecule has 1 aromatic heterocycles. The first-order chi connectivity index (χ1) is 19.4. The summed E-state index contributed by atoms with van der Waals surface area (Å²) in [6.07, 6.45) is 2.14. The Morgan fingerprint density at radius 3 is 2.15 bits per heavy atom. The number of carbonyl (C=O) groups excluding carboxylic acids is 3. The van der Waals surface area contributed by atoms with Gasteiger partial charge in [0.05, 0.1) is 5.56 Å². The van der Waals surface area contributed by atoms with Crippen LogP contribution in [0.25, 0.3) is 11.3 Å². The predicted octanol–water partition coefficient (Wildman–Crippen LogP) is 5.58. The number of nitrogens with one attached hydrogen (secondary N) is 2. The highest BCUT2D eigenvalue weighted by Gasteiger charge is 2.56. The van der Waals surface area contributed by atoms with Crippen LogP contribution in [0.15, 0.2) is 54.6 Å². The standard InChI is InChI=1S/C31H31F3N4O3/c1-30(2,3)29(41)35-19-9-7-18(8-10-19)28(40)38-15-13-31(14-16-38)17-24(31)37-27(39)23-12-11-22(34)26(36-23)25-20(32)5-4-6-21(25)33/h4-12,24H,13-17H2,1-3H3,(H,35,41)(H,37,39). The number of benzene rings is 2. The van der Waals surface area contributed by atoms with Crippen LogP contribution in [-0.4, -0.2) is 46.7 Å². The monoisotopic (exact) mass is 564 g/mol. The van der Waals surface area contributed by atoms with Gasteiger partial charge in [-0.1, -0.05) is 26.8 Å². The Labute approximate surface area is 236 Å². The molecule has 2 aromatic carbocycles. The van der Waals surface area contributed by atoms with E-state index in [0.29, 0.717) is 37.2 Å². The molecule has 2 N–H and O–H groups in total. The fraction of sp³-hybridized carbons (Fsp3) is 0.355. The second-order valence-electron chi connectivity index (χ2n) is 11.8. The molecule has 10 heteroatoms. The molecular formula is C31H31F3N4O3. The maximum absolute atomic E-state index is 14.4. The zero-order valence-electron chi connectivity index (χ0n) is 23.1. The van der Waals surface area contributed by atoms with Crippen LogP contribution in [0.1, 0.15) is 60.9 Å². The first-order valence-electron chi connectivity index (χ1n) is 13.5. The van der Waals surface area contributed by atoms with E-state index in [2.05, 4.69) is 15.6 Å². The van der Waals surface area contributed by atoms with Crippen LogP contribution in [-0.2, 0) is 4.79 Å². The third-order valence-electron chi connectivity index (χ3n) is 7.89. The lowest BCUT2D eigenvalue weighted by molar-refractivity contribution is -0.123. The molecule has 1 atom stereocenters. The third-order valence-corrected chi connectivity index (χ3v) is 7.89. The van der Waals surface area contributed by atoms with Crippen LogP contribution in [0.3, 0.4) is 0 Å². The Morgan fingerprint density at radius 1 is 0.902 bits per heavy atom. The van der Waals surface area contributed by atoms with E-state index >= 15 is 0 Å². The minimum absolute atomic E-state index is 0.0989. The first-order valence-corrected chi connectivity index (χ1v) is 13.5. The van der Waals surface area contributed by atoms with Crippen molar-refractivity contribution in [2.75, 3.05) is 18.4 Å². The summed E-state index contributed by atoms with van der Waals surface area (Å²) >= 11 is 0. The molecule has 1 spiro atoms. The maximum Gasteiger partial charge on any atom is 0.270 e. The van der Waals surface area contributed by atoms with Crippen molar-refractivity contribution < 1.29 is 27.6 Å². The van der Waals surface area contributed by atoms with Gasteiger partial charge in [0.25, 0.3) is 11.8 Å². The first kappa shape index (κ1) is 28.3. The molecule has 0 radical (unpaired) electrons. The van der Waals surface area contributed by atoms with Crippen molar-refractivity contribution in [2.45, 2.75) is 46.1 Å². The molecule has 3 amide bonds. The van der Waals surface area contributed by atoms with Gasteiger partial charge in [-0.25, -0.2) is 18.2 Å². The predicted molar refractivity (Wildman–Crippen MR) is 148 cm³/mol. The van der Waals surface area contributed by atoms with Crippen LogP contribution >= 0.6 is 0 Å². The van der Waals surface area contributed by atoms with Crippen LogP contribution in [0.4, 0.5) is 18.9 Å². The second kappa shape index (κ2) is 10.6. The summed E-state index contributed by atoms with van der Waals surface area (Å²) in [5, 5.41) is 5.76. The fourth-order valence-electron chi connectivity index (χ4n) is 5.16. The maximum atomic E-state index is 14.4. The number of hydrogen-bond acceptors (Lipinski definition) is 4. The number of nitrogens with zero attached hydrogens (tertiary/aromatic N) is 2. The molecule has 0 bridgehead atoms. The number of piperidine rings is 1. The van der Waals surface area contributed by atoms with E-state index in [1.165, 1.54) is 12.1 Å². The SMILES string of the molecule is CC(C)(C)C(=O)Nc1ccc(C(=O)N2CCC3(CC2)CC3NC(=O)c2ccc(F)c(-c3c(F)cccc3F)n2)cc1. The smallest absolute Gasteiger partial charge is 0.270 e. The van der Waals surface area contributed by atoms with E-state index in [4.69, 9.17) is 0 Å². The van der Waals surface area contributed by atoms with Gasteiger partial charge in [-0.3, -0.25) is 14.4 Å². The number of carbonyl (C=O) groups is 3. The van der Waals surface area contributed by atoms with E-state index < -0.39 is 40.0 Å². The minimum atomic E-state index is -0.973. The third kappa shape index (κ3) is 5.82. The summed E-state index contributed by atoms with van der Waals surface area (Å²) in [5.41, 5.74) is -0.844. The number of rotatable bonds is 5. The Hall–Kier alpha value is -4.21. The lowest BCUT2D eigenvalue weighted by atomic mass is 9.92. The molecule has 7 nitrogen and oxygen atoms in total. The van der Waals surface area contributed by atoms with Gasteiger partial charge in [0.2, 0.25) is 5.91 Å². The number of anilines is 1. The summed E-state index contributed by atoms with van der Waals surface area (Å²) in [7, 11) is 0. The van der Waals surface area contributed by atoms with Gasteiger partial charge in [-0.05, 0) is 73.2 Å². The second-order valence-corrected chi connectivity index (χ2v) is 11.8. The van der Waals surface area contributed by atoms with Gasteiger partial charge in [0.1, 0.15) is 28.8 Å². The molecule has 3 aromatic rings. The molecule has 1 saturated carbocycles. The van der Waals surface area contributed by atoms with Crippen LogP contribution < -0.4 is 10.6 Å². The quantitative estimate of drug-likeness (QED) is 0.424. The van der Waals surface area contributed by atoms with Crippen molar-refractivity contribution in [1.29, 1.82) is 0 Å². The van der Waals surface area contributed by atoms with Crippen molar-refractivity contribution in [3.8, 4) is 11.3 Å². The molecular weight excluding hydrogens is 533 g/mol. The van der Waals surface area contributed by atoms with E-state index in [9.17, 15) is 27.6 Å². The van der Waals surface area contributed by atoms with Crippen LogP contribution in [0, 0.1) is 28.3 Å². The minimum Gasteiger partial charge on any atom is -0.347 e. The van der Waals surface area contributed by atoms with Gasteiger partial charge in [0.15, 0.2) is 0 Å². The van der Waals surface area contributed by atoms with Gasteiger partial charge in [-0.2, -0.15) is 0 Å². The number of aromatic nitrogens is 1. The van der Waals surface area contributed by atoms with Gasteiger partial charge in [-0.15, -0.1) is 0 Å². The average molecular weight is 565 g/mol. The molecule has 2 aliphatic rings. The highest BCUT2D eigenvalue weighted by Crippen LogP contribution is 2.54. The van der Waals surface area contributed by atoms with Crippen molar-refractivity contribution >= 4 is 23.4 Å². The summed E-state index contributed by atoms with van der Waals surface area (Å²) in [6, 6.07) is 12.0. The fourth-order valence-corrected chi connectivity index (χ4v) is 5.16. The van der Waals surface area contributed by atoms with Gasteiger partial charge < -0.3 is 15.5 Å². The molecule has 5 rings (SSSR count). The number of hydrogen-bond donors (Lipinski definition) is 2. The van der Waals surface area contributed by atoms with Crippen LogP contribution in [0.2, 0.25) is 0 Å². The number of pyridine rings is 1. The van der Waals surface area contributed by atoms with E-state index in [1.807, 2.05) is 20.8 Å². The zero-order valence-corrected chi connectivity index (χ0v) is 23.1. The lowest BCUT2D eigenvalue weighted by Crippen LogP contribution is -2.41. The Kier molecular flexibility index (Phi) is 7.35. The van der Waals surface area contributed by atoms with E-state index in [-0.39, 0.29) is 29.0 Å². The van der Waals surface area contributed by atoms with Gasteiger partial charge in [0, 0.05) is 35.8 Å². The molecule has 1 aliphatic carbocycles. The molecule has 2 heterocycles. The topological polar surface area (TPSA) is 91.4 Å². The molecule has 1 unspecified atom stereocenters. The van der Waals surface area contributed by atoms with Crippen molar-refractivity contribution in [3.63, 3.8) is 0 Å². The molecule has 1 saturated heterocycles. The van der Waals surface area contributed by atoms with Crippen molar-refractivity contribution in [2.24, 2.45) is 10.8 Å². The number of halogens is 3. The summed E-state index contributed by atoms with van der Waals surface area (Å²) in [5.74, 6) is -3.65. The van der Waals surface area contributed by atoms with Crippen molar-refractivity contribution in [3.05, 3.63) is 83.3 Å². The van der Waals surface area contributed by atoms with Crippen LogP contribution in [0.5, 0.6) is 0 Å². The Balaban J connectivity index is 1.17. The van der Waals surface area contributed by atoms with Gasteiger partial charge >= 0.3 is 0 Å². The molecule has 214 valence electrons. The average Bonchev–Trinajstić information content (AvgIpc) is 3.59. The Morgan fingerprint density at radius 2 is 1.54 bits per heavy atom.